The molecule has 0 atom stereocenters. The van der Waals surface area contributed by atoms with E-state index in [1.54, 1.807) is 0 Å². The quantitative estimate of drug-likeness (QED) is 0.897. The van der Waals surface area contributed by atoms with Crippen LogP contribution in [0.4, 0.5) is 5.82 Å². The van der Waals surface area contributed by atoms with E-state index in [0.717, 1.165) is 35.9 Å². The van der Waals surface area contributed by atoms with Crippen molar-refractivity contribution in [1.82, 2.24) is 19.7 Å². The van der Waals surface area contributed by atoms with Gasteiger partial charge in [0.05, 0.1) is 11.8 Å². The molecule has 2 aromatic rings. The van der Waals surface area contributed by atoms with Gasteiger partial charge in [0, 0.05) is 30.5 Å². The first-order valence-electron chi connectivity index (χ1n) is 6.80. The van der Waals surface area contributed by atoms with Gasteiger partial charge in [0.1, 0.15) is 5.82 Å². The highest BCUT2D eigenvalue weighted by molar-refractivity contribution is 5.55. The van der Waals surface area contributed by atoms with Crippen LogP contribution >= 0.6 is 0 Å². The molecule has 19 heavy (non-hydrogen) atoms. The van der Waals surface area contributed by atoms with Gasteiger partial charge in [-0.3, -0.25) is 4.68 Å². The molecule has 5 heteroatoms. The first-order valence-corrected chi connectivity index (χ1v) is 6.80. The molecular formula is C14H21N5. The van der Waals surface area contributed by atoms with E-state index < -0.39 is 0 Å². The van der Waals surface area contributed by atoms with Gasteiger partial charge in [-0.15, -0.1) is 0 Å². The van der Waals surface area contributed by atoms with E-state index in [4.69, 9.17) is 0 Å². The number of aryl methyl sites for hydroxylation is 1. The van der Waals surface area contributed by atoms with Crippen LogP contribution in [-0.2, 0) is 6.42 Å². The Morgan fingerprint density at radius 1 is 1.26 bits per heavy atom. The summed E-state index contributed by atoms with van der Waals surface area (Å²) in [4.78, 5) is 9.11. The van der Waals surface area contributed by atoms with Gasteiger partial charge in [-0.05, 0) is 27.2 Å². The molecule has 0 aliphatic heterocycles. The van der Waals surface area contributed by atoms with Gasteiger partial charge < -0.3 is 5.32 Å². The van der Waals surface area contributed by atoms with Crippen molar-refractivity contribution in [2.24, 2.45) is 0 Å². The lowest BCUT2D eigenvalue weighted by atomic mass is 10.2. The van der Waals surface area contributed by atoms with Crippen LogP contribution in [0.3, 0.4) is 0 Å². The molecule has 5 nitrogen and oxygen atoms in total. The lowest BCUT2D eigenvalue weighted by Crippen LogP contribution is -2.03. The van der Waals surface area contributed by atoms with Crippen LogP contribution in [0.2, 0.25) is 0 Å². The molecule has 0 fully saturated rings. The Labute approximate surface area is 114 Å². The van der Waals surface area contributed by atoms with Crippen molar-refractivity contribution in [1.29, 1.82) is 0 Å². The molecule has 0 aromatic carbocycles. The van der Waals surface area contributed by atoms with Crippen LogP contribution in [0.1, 0.15) is 39.4 Å². The molecule has 0 bridgehead atoms. The summed E-state index contributed by atoms with van der Waals surface area (Å²) < 4.78 is 1.92. The van der Waals surface area contributed by atoms with Gasteiger partial charge >= 0.3 is 0 Å². The molecule has 2 aromatic heterocycles. The summed E-state index contributed by atoms with van der Waals surface area (Å²) in [7, 11) is 0. The van der Waals surface area contributed by atoms with E-state index in [0.29, 0.717) is 6.04 Å². The maximum absolute atomic E-state index is 4.57. The fourth-order valence-corrected chi connectivity index (χ4v) is 1.82. The largest absolute Gasteiger partial charge is 0.370 e. The van der Waals surface area contributed by atoms with Gasteiger partial charge in [-0.1, -0.05) is 6.92 Å². The molecule has 0 aliphatic carbocycles. The fraction of sp³-hybridized carbons (Fsp3) is 0.500. The lowest BCUT2D eigenvalue weighted by molar-refractivity contribution is 0.532. The standard InChI is InChI=1S/C14H21N5/c1-5-12-7-13(15-6-2)18-14(17-12)11-8-16-19(9-11)10(3)4/h7-10H,5-6H2,1-4H3,(H,15,17,18). The molecule has 0 saturated heterocycles. The smallest absolute Gasteiger partial charge is 0.164 e. The Kier molecular flexibility index (Phi) is 4.14. The van der Waals surface area contributed by atoms with Crippen LogP contribution in [0.5, 0.6) is 0 Å². The van der Waals surface area contributed by atoms with E-state index >= 15 is 0 Å². The summed E-state index contributed by atoms with van der Waals surface area (Å²) in [5, 5.41) is 7.58. The van der Waals surface area contributed by atoms with Crippen LogP contribution in [-0.4, -0.2) is 26.3 Å². The van der Waals surface area contributed by atoms with Crippen LogP contribution in [0, 0.1) is 0 Å². The monoisotopic (exact) mass is 259 g/mol. The van der Waals surface area contributed by atoms with Crippen molar-refractivity contribution in [2.75, 3.05) is 11.9 Å². The van der Waals surface area contributed by atoms with E-state index in [1.807, 2.05) is 23.1 Å². The van der Waals surface area contributed by atoms with Crippen LogP contribution in [0.15, 0.2) is 18.5 Å². The maximum atomic E-state index is 4.57. The van der Waals surface area contributed by atoms with E-state index in [-0.39, 0.29) is 0 Å². The second-order valence-electron chi connectivity index (χ2n) is 4.75. The van der Waals surface area contributed by atoms with Crippen molar-refractivity contribution in [3.05, 3.63) is 24.2 Å². The molecule has 0 spiro atoms. The molecule has 0 radical (unpaired) electrons. The van der Waals surface area contributed by atoms with Crippen molar-refractivity contribution in [3.8, 4) is 11.4 Å². The molecule has 102 valence electrons. The molecule has 2 heterocycles. The highest BCUT2D eigenvalue weighted by atomic mass is 15.3. The van der Waals surface area contributed by atoms with Gasteiger partial charge in [-0.25, -0.2) is 9.97 Å². The fourth-order valence-electron chi connectivity index (χ4n) is 1.82. The summed E-state index contributed by atoms with van der Waals surface area (Å²) in [5.41, 5.74) is 2.00. The molecule has 0 saturated carbocycles. The van der Waals surface area contributed by atoms with Crippen LogP contribution < -0.4 is 5.32 Å². The minimum atomic E-state index is 0.344. The first-order chi connectivity index (χ1) is 9.13. The summed E-state index contributed by atoms with van der Waals surface area (Å²) in [6, 6.07) is 2.34. The molecule has 0 aliphatic rings. The first kappa shape index (κ1) is 13.5. The number of nitrogens with one attached hydrogen (secondary N) is 1. The zero-order chi connectivity index (χ0) is 13.8. The van der Waals surface area contributed by atoms with Gasteiger partial charge in [0.15, 0.2) is 5.82 Å². The molecule has 1 N–H and O–H groups in total. The SMILES string of the molecule is CCNc1cc(CC)nc(-c2cnn(C(C)C)c2)n1. The van der Waals surface area contributed by atoms with E-state index in [9.17, 15) is 0 Å². The average Bonchev–Trinajstić information content (AvgIpc) is 2.88. The Balaban J connectivity index is 2.38. The van der Waals surface area contributed by atoms with Gasteiger partial charge in [0.2, 0.25) is 0 Å². The molecule has 2 rings (SSSR count). The van der Waals surface area contributed by atoms with Crippen molar-refractivity contribution in [3.63, 3.8) is 0 Å². The zero-order valence-corrected chi connectivity index (χ0v) is 12.0. The van der Waals surface area contributed by atoms with E-state index in [2.05, 4.69) is 48.1 Å². The Hall–Kier alpha value is -1.91. The number of aromatic nitrogens is 4. The number of hydrogen-bond acceptors (Lipinski definition) is 4. The Bertz CT molecular complexity index is 545. The number of anilines is 1. The highest BCUT2D eigenvalue weighted by Crippen LogP contribution is 2.19. The molecular weight excluding hydrogens is 238 g/mol. The summed E-state index contributed by atoms with van der Waals surface area (Å²) in [6.07, 6.45) is 4.71. The van der Waals surface area contributed by atoms with E-state index in [1.165, 1.54) is 0 Å². The zero-order valence-electron chi connectivity index (χ0n) is 12.0. The highest BCUT2D eigenvalue weighted by Gasteiger charge is 2.09. The third-order valence-electron chi connectivity index (χ3n) is 2.89. The predicted molar refractivity (Wildman–Crippen MR) is 77.2 cm³/mol. The number of nitrogens with zero attached hydrogens (tertiary/aromatic N) is 4. The van der Waals surface area contributed by atoms with Crippen LogP contribution in [0.25, 0.3) is 11.4 Å². The van der Waals surface area contributed by atoms with Crippen molar-refractivity contribution in [2.45, 2.75) is 40.2 Å². The number of rotatable bonds is 5. The summed E-state index contributed by atoms with van der Waals surface area (Å²) in [5.74, 6) is 1.61. The van der Waals surface area contributed by atoms with Crippen molar-refractivity contribution >= 4 is 5.82 Å². The topological polar surface area (TPSA) is 55.6 Å². The van der Waals surface area contributed by atoms with Gasteiger partial charge in [-0.2, -0.15) is 5.10 Å². The van der Waals surface area contributed by atoms with Gasteiger partial charge in [0.25, 0.3) is 0 Å². The summed E-state index contributed by atoms with van der Waals surface area (Å²) in [6.45, 7) is 9.21. The average molecular weight is 259 g/mol. The number of hydrogen-bond donors (Lipinski definition) is 1. The second-order valence-corrected chi connectivity index (χ2v) is 4.75. The third kappa shape index (κ3) is 3.10. The lowest BCUT2D eigenvalue weighted by Gasteiger charge is -2.07. The maximum Gasteiger partial charge on any atom is 0.164 e. The van der Waals surface area contributed by atoms with Crippen molar-refractivity contribution < 1.29 is 0 Å². The Morgan fingerprint density at radius 2 is 2.05 bits per heavy atom. The minimum Gasteiger partial charge on any atom is -0.370 e. The second kappa shape index (κ2) is 5.82. The Morgan fingerprint density at radius 3 is 2.63 bits per heavy atom. The minimum absolute atomic E-state index is 0.344. The molecule has 0 amide bonds. The third-order valence-corrected chi connectivity index (χ3v) is 2.89. The normalized spacial score (nSPS) is 11.0. The summed E-state index contributed by atoms with van der Waals surface area (Å²) >= 11 is 0. The molecule has 0 unspecified atom stereocenters. The predicted octanol–water partition coefficient (Wildman–Crippen LogP) is 2.92.